The minimum atomic E-state index is -4.42. The number of alkyl halides is 3. The lowest BCUT2D eigenvalue weighted by molar-refractivity contribution is -0.114. The Hall–Kier alpha value is -1.57. The van der Waals surface area contributed by atoms with Gasteiger partial charge in [0.2, 0.25) is 5.91 Å². The fraction of sp³-hybridized carbons (Fsp3) is 0.364. The Balaban J connectivity index is 2.64. The zero-order chi connectivity index (χ0) is 14.5. The van der Waals surface area contributed by atoms with E-state index in [1.807, 2.05) is 0 Å². The maximum atomic E-state index is 11.9. The van der Waals surface area contributed by atoms with Crippen molar-refractivity contribution >= 4 is 23.4 Å². The van der Waals surface area contributed by atoms with Gasteiger partial charge in [-0.1, -0.05) is 0 Å². The first-order chi connectivity index (χ1) is 8.85. The van der Waals surface area contributed by atoms with Crippen LogP contribution < -0.4 is 14.8 Å². The van der Waals surface area contributed by atoms with Crippen LogP contribution in [0.4, 0.5) is 18.9 Å². The van der Waals surface area contributed by atoms with Crippen molar-refractivity contribution in [3.8, 4) is 11.5 Å². The number of ether oxygens (including phenoxy) is 2. The lowest BCUT2D eigenvalue weighted by Crippen LogP contribution is -2.17. The quantitative estimate of drug-likeness (QED) is 0.907. The average Bonchev–Trinajstić information content (AvgIpc) is 2.35. The SMILES string of the molecule is COc1ccc(NC(=O)CSC(F)(F)F)cc1OC. The molecule has 0 radical (unpaired) electrons. The second-order valence-electron chi connectivity index (χ2n) is 3.35. The molecule has 1 N–H and O–H groups in total. The summed E-state index contributed by atoms with van der Waals surface area (Å²) in [7, 11) is 2.87. The summed E-state index contributed by atoms with van der Waals surface area (Å²) in [5, 5.41) is 2.35. The van der Waals surface area contributed by atoms with E-state index in [9.17, 15) is 18.0 Å². The van der Waals surface area contributed by atoms with Crippen molar-refractivity contribution in [2.24, 2.45) is 0 Å². The minimum Gasteiger partial charge on any atom is -0.493 e. The second-order valence-corrected chi connectivity index (χ2v) is 4.39. The molecule has 0 saturated carbocycles. The largest absolute Gasteiger partial charge is 0.493 e. The van der Waals surface area contributed by atoms with Gasteiger partial charge in [0, 0.05) is 11.8 Å². The summed E-state index contributed by atoms with van der Waals surface area (Å²) in [5.74, 6) is -0.596. The van der Waals surface area contributed by atoms with Gasteiger partial charge in [0.05, 0.1) is 20.0 Å². The van der Waals surface area contributed by atoms with E-state index in [4.69, 9.17) is 9.47 Å². The zero-order valence-electron chi connectivity index (χ0n) is 10.2. The van der Waals surface area contributed by atoms with Gasteiger partial charge in [-0.15, -0.1) is 0 Å². The number of carbonyl (C=O) groups is 1. The molecular formula is C11H12F3NO3S. The molecule has 19 heavy (non-hydrogen) atoms. The van der Waals surface area contributed by atoms with E-state index in [2.05, 4.69) is 5.32 Å². The molecule has 0 spiro atoms. The predicted octanol–water partition coefficient (Wildman–Crippen LogP) is 2.90. The molecule has 0 aromatic heterocycles. The fourth-order valence-electron chi connectivity index (χ4n) is 1.26. The van der Waals surface area contributed by atoms with Gasteiger partial charge in [-0.05, 0) is 23.9 Å². The second kappa shape index (κ2) is 6.55. The van der Waals surface area contributed by atoms with Gasteiger partial charge < -0.3 is 14.8 Å². The van der Waals surface area contributed by atoms with Crippen molar-refractivity contribution < 1.29 is 27.4 Å². The van der Waals surface area contributed by atoms with Crippen LogP contribution in [0.15, 0.2) is 18.2 Å². The molecule has 1 aromatic rings. The van der Waals surface area contributed by atoms with Gasteiger partial charge in [-0.2, -0.15) is 13.2 Å². The monoisotopic (exact) mass is 295 g/mol. The van der Waals surface area contributed by atoms with Crippen LogP contribution in [0.3, 0.4) is 0 Å². The van der Waals surface area contributed by atoms with Crippen LogP contribution in [-0.4, -0.2) is 31.4 Å². The van der Waals surface area contributed by atoms with E-state index in [0.717, 1.165) is 0 Å². The number of methoxy groups -OCH3 is 2. The Bertz CT molecular complexity index is 451. The Kier molecular flexibility index (Phi) is 5.34. The smallest absolute Gasteiger partial charge is 0.442 e. The lowest BCUT2D eigenvalue weighted by Gasteiger charge is -2.11. The molecule has 8 heteroatoms. The molecule has 1 rings (SSSR count). The maximum Gasteiger partial charge on any atom is 0.442 e. The molecule has 0 fully saturated rings. The van der Waals surface area contributed by atoms with Crippen molar-refractivity contribution in [3.63, 3.8) is 0 Å². The van der Waals surface area contributed by atoms with Crippen LogP contribution in [0.25, 0.3) is 0 Å². The molecule has 1 aromatic carbocycles. The number of benzene rings is 1. The van der Waals surface area contributed by atoms with Gasteiger partial charge in [0.1, 0.15) is 0 Å². The molecule has 106 valence electrons. The molecule has 0 heterocycles. The highest BCUT2D eigenvalue weighted by atomic mass is 32.2. The number of amides is 1. The third-order valence-electron chi connectivity index (χ3n) is 2.03. The molecule has 0 aliphatic carbocycles. The average molecular weight is 295 g/mol. The molecule has 0 atom stereocenters. The lowest BCUT2D eigenvalue weighted by atomic mass is 10.2. The van der Waals surface area contributed by atoms with Crippen molar-refractivity contribution in [2.45, 2.75) is 5.51 Å². The Labute approximate surface area is 112 Å². The topological polar surface area (TPSA) is 47.6 Å². The zero-order valence-corrected chi connectivity index (χ0v) is 11.0. The van der Waals surface area contributed by atoms with E-state index < -0.39 is 17.2 Å². The summed E-state index contributed by atoms with van der Waals surface area (Å²) in [6.07, 6.45) is 0. The third kappa shape index (κ3) is 5.29. The van der Waals surface area contributed by atoms with Crippen LogP contribution in [-0.2, 0) is 4.79 Å². The van der Waals surface area contributed by atoms with Gasteiger partial charge in [0.25, 0.3) is 0 Å². The summed E-state index contributed by atoms with van der Waals surface area (Å²) in [5.41, 5.74) is -4.08. The van der Waals surface area contributed by atoms with Crippen molar-refractivity contribution in [1.29, 1.82) is 0 Å². The highest BCUT2D eigenvalue weighted by Gasteiger charge is 2.29. The van der Waals surface area contributed by atoms with Gasteiger partial charge in [-0.25, -0.2) is 0 Å². The van der Waals surface area contributed by atoms with Gasteiger partial charge in [0.15, 0.2) is 11.5 Å². The van der Waals surface area contributed by atoms with Crippen LogP contribution in [0, 0.1) is 0 Å². The summed E-state index contributed by atoms with van der Waals surface area (Å²) in [6.45, 7) is 0. The first-order valence-electron chi connectivity index (χ1n) is 5.08. The summed E-state index contributed by atoms with van der Waals surface area (Å²) < 4.78 is 45.8. The maximum absolute atomic E-state index is 11.9. The molecule has 0 aliphatic heterocycles. The van der Waals surface area contributed by atoms with E-state index in [1.54, 1.807) is 6.07 Å². The van der Waals surface area contributed by atoms with Crippen molar-refractivity contribution in [2.75, 3.05) is 25.3 Å². The highest BCUT2D eigenvalue weighted by molar-refractivity contribution is 8.00. The number of rotatable bonds is 5. The Morgan fingerprint density at radius 1 is 1.26 bits per heavy atom. The van der Waals surface area contributed by atoms with Crippen molar-refractivity contribution in [1.82, 2.24) is 0 Å². The summed E-state index contributed by atoms with van der Waals surface area (Å²) >= 11 is -0.389. The molecule has 1 amide bonds. The Morgan fingerprint density at radius 2 is 1.89 bits per heavy atom. The number of nitrogens with one attached hydrogen (secondary N) is 1. The number of anilines is 1. The number of halogens is 3. The number of carbonyl (C=O) groups excluding carboxylic acids is 1. The Morgan fingerprint density at radius 3 is 2.42 bits per heavy atom. The molecule has 0 saturated heterocycles. The predicted molar refractivity (Wildman–Crippen MR) is 66.7 cm³/mol. The highest BCUT2D eigenvalue weighted by Crippen LogP contribution is 2.31. The summed E-state index contributed by atoms with van der Waals surface area (Å²) in [6, 6.07) is 4.53. The standard InChI is InChI=1S/C11H12F3NO3S/c1-17-8-4-3-7(5-9(8)18-2)15-10(16)6-19-11(12,13)14/h3-5H,6H2,1-2H3,(H,15,16). The van der Waals surface area contributed by atoms with E-state index >= 15 is 0 Å². The summed E-state index contributed by atoms with van der Waals surface area (Å²) in [4.78, 5) is 11.3. The van der Waals surface area contributed by atoms with Crippen molar-refractivity contribution in [3.05, 3.63) is 18.2 Å². The van der Waals surface area contributed by atoms with E-state index in [0.29, 0.717) is 17.2 Å². The molecule has 4 nitrogen and oxygen atoms in total. The first kappa shape index (κ1) is 15.5. The van der Waals surface area contributed by atoms with Crippen LogP contribution in [0.2, 0.25) is 0 Å². The third-order valence-corrected chi connectivity index (χ3v) is 2.77. The molecular weight excluding hydrogens is 283 g/mol. The molecule has 0 bridgehead atoms. The van der Waals surface area contributed by atoms with Gasteiger partial charge in [-0.3, -0.25) is 4.79 Å². The van der Waals surface area contributed by atoms with Crippen LogP contribution in [0.1, 0.15) is 0 Å². The van der Waals surface area contributed by atoms with E-state index in [-0.39, 0.29) is 11.8 Å². The minimum absolute atomic E-state index is 0.338. The number of hydrogen-bond donors (Lipinski definition) is 1. The fourth-order valence-corrected chi connectivity index (χ4v) is 1.63. The van der Waals surface area contributed by atoms with Crippen LogP contribution in [0.5, 0.6) is 11.5 Å². The molecule has 0 aliphatic rings. The normalized spacial score (nSPS) is 11.0. The van der Waals surface area contributed by atoms with E-state index in [1.165, 1.54) is 26.4 Å². The number of thioether (sulfide) groups is 1. The van der Waals surface area contributed by atoms with Gasteiger partial charge >= 0.3 is 5.51 Å². The van der Waals surface area contributed by atoms with Crippen LogP contribution >= 0.6 is 11.8 Å². The first-order valence-corrected chi connectivity index (χ1v) is 6.07. The molecule has 0 unspecified atom stereocenters. The number of hydrogen-bond acceptors (Lipinski definition) is 4.